The summed E-state index contributed by atoms with van der Waals surface area (Å²) in [6.07, 6.45) is 0. The molecule has 0 N–H and O–H groups in total. The van der Waals surface area contributed by atoms with Crippen molar-refractivity contribution >= 4 is 15.9 Å². The highest BCUT2D eigenvalue weighted by Crippen LogP contribution is 2.24. The summed E-state index contributed by atoms with van der Waals surface area (Å²) in [6.45, 7) is 1.36. The summed E-state index contributed by atoms with van der Waals surface area (Å²) in [7, 11) is 0. The van der Waals surface area contributed by atoms with Crippen LogP contribution in [0.25, 0.3) is 0 Å². The van der Waals surface area contributed by atoms with Crippen LogP contribution in [0.4, 0.5) is 13.2 Å². The molecule has 0 unspecified atom stereocenters. The number of benzene rings is 1. The third-order valence-electron chi connectivity index (χ3n) is 1.28. The summed E-state index contributed by atoms with van der Waals surface area (Å²) in [5.74, 6) is -2.99. The molecule has 11 heavy (non-hydrogen) atoms. The molecule has 0 atom stereocenters. The topological polar surface area (TPSA) is 0 Å². The average molecular weight is 225 g/mol. The van der Waals surface area contributed by atoms with Crippen LogP contribution in [0.1, 0.15) is 5.56 Å². The van der Waals surface area contributed by atoms with Crippen molar-refractivity contribution in [3.05, 3.63) is 33.6 Å². The molecule has 1 aromatic carbocycles. The summed E-state index contributed by atoms with van der Waals surface area (Å²) in [4.78, 5) is 0. The fraction of sp³-hybridized carbons (Fsp3) is 0.143. The number of halogens is 4. The van der Waals surface area contributed by atoms with Crippen LogP contribution in [-0.2, 0) is 0 Å². The van der Waals surface area contributed by atoms with E-state index in [1.807, 2.05) is 0 Å². The molecular formula is C7H4BrF3. The zero-order chi connectivity index (χ0) is 8.59. The lowest BCUT2D eigenvalue weighted by Crippen LogP contribution is -1.93. The van der Waals surface area contributed by atoms with Crippen molar-refractivity contribution in [1.82, 2.24) is 0 Å². The maximum Gasteiger partial charge on any atom is 0.175 e. The second-order valence-electron chi connectivity index (χ2n) is 2.12. The van der Waals surface area contributed by atoms with Gasteiger partial charge in [0.15, 0.2) is 11.6 Å². The van der Waals surface area contributed by atoms with Crippen LogP contribution in [0, 0.1) is 24.4 Å². The lowest BCUT2D eigenvalue weighted by Gasteiger charge is -2.00. The maximum atomic E-state index is 12.7. The molecule has 0 saturated carbocycles. The smallest absolute Gasteiger partial charge is 0.175 e. The zero-order valence-corrected chi connectivity index (χ0v) is 7.18. The van der Waals surface area contributed by atoms with Gasteiger partial charge < -0.3 is 0 Å². The van der Waals surface area contributed by atoms with Crippen molar-refractivity contribution in [2.24, 2.45) is 0 Å². The van der Waals surface area contributed by atoms with E-state index in [2.05, 4.69) is 15.9 Å². The maximum absolute atomic E-state index is 12.7. The summed E-state index contributed by atoms with van der Waals surface area (Å²) >= 11 is 2.59. The fourth-order valence-corrected chi connectivity index (χ4v) is 1.19. The quantitative estimate of drug-likeness (QED) is 0.469. The largest absolute Gasteiger partial charge is 0.205 e. The molecule has 0 aliphatic heterocycles. The molecule has 0 aliphatic carbocycles. The molecule has 0 fully saturated rings. The molecule has 0 nitrogen and oxygen atoms in total. The number of rotatable bonds is 0. The van der Waals surface area contributed by atoms with Gasteiger partial charge in [-0.05, 0) is 34.5 Å². The van der Waals surface area contributed by atoms with E-state index < -0.39 is 21.9 Å². The summed E-state index contributed by atoms with van der Waals surface area (Å²) in [5, 5.41) is 0. The van der Waals surface area contributed by atoms with Crippen LogP contribution in [0.3, 0.4) is 0 Å². The minimum absolute atomic E-state index is 0.0794. The molecule has 0 spiro atoms. The van der Waals surface area contributed by atoms with Gasteiger partial charge in [-0.3, -0.25) is 0 Å². The standard InChI is InChI=1S/C7H4BrF3/c1-3-2-4(9)7(11)5(8)6(3)10/h2H,1H3. The molecule has 1 rings (SSSR count). The van der Waals surface area contributed by atoms with Gasteiger partial charge in [-0.1, -0.05) is 0 Å². The van der Waals surface area contributed by atoms with Crippen LogP contribution in [0.5, 0.6) is 0 Å². The summed E-state index contributed by atoms with van der Waals surface area (Å²) in [5.41, 5.74) is 0.0794. The van der Waals surface area contributed by atoms with Crippen molar-refractivity contribution in [2.45, 2.75) is 6.92 Å². The van der Waals surface area contributed by atoms with Crippen molar-refractivity contribution in [3.8, 4) is 0 Å². The third kappa shape index (κ3) is 1.40. The van der Waals surface area contributed by atoms with E-state index in [4.69, 9.17) is 0 Å². The summed E-state index contributed by atoms with van der Waals surface area (Å²) < 4.78 is 37.2. The van der Waals surface area contributed by atoms with E-state index in [0.29, 0.717) is 0 Å². The van der Waals surface area contributed by atoms with E-state index >= 15 is 0 Å². The SMILES string of the molecule is Cc1cc(F)c(F)c(Br)c1F. The van der Waals surface area contributed by atoms with Crippen LogP contribution >= 0.6 is 15.9 Å². The van der Waals surface area contributed by atoms with E-state index in [-0.39, 0.29) is 5.56 Å². The van der Waals surface area contributed by atoms with Gasteiger partial charge >= 0.3 is 0 Å². The lowest BCUT2D eigenvalue weighted by molar-refractivity contribution is 0.485. The Balaban J connectivity index is 3.46. The molecule has 4 heteroatoms. The first kappa shape index (κ1) is 8.59. The fourth-order valence-electron chi connectivity index (χ4n) is 0.691. The lowest BCUT2D eigenvalue weighted by atomic mass is 10.2. The number of hydrogen-bond donors (Lipinski definition) is 0. The monoisotopic (exact) mass is 224 g/mol. The molecule has 0 bridgehead atoms. The molecule has 60 valence electrons. The van der Waals surface area contributed by atoms with Gasteiger partial charge in [0.2, 0.25) is 0 Å². The van der Waals surface area contributed by atoms with Crippen LogP contribution in [0.15, 0.2) is 10.5 Å². The van der Waals surface area contributed by atoms with E-state index in [0.717, 1.165) is 6.07 Å². The average Bonchev–Trinajstić information content (AvgIpc) is 1.97. The van der Waals surface area contributed by atoms with Gasteiger partial charge in [-0.25, -0.2) is 13.2 Å². The normalized spacial score (nSPS) is 10.3. The molecule has 0 radical (unpaired) electrons. The third-order valence-corrected chi connectivity index (χ3v) is 1.98. The van der Waals surface area contributed by atoms with Gasteiger partial charge in [0, 0.05) is 0 Å². The second kappa shape index (κ2) is 2.85. The highest BCUT2D eigenvalue weighted by atomic mass is 79.9. The van der Waals surface area contributed by atoms with Gasteiger partial charge in [0.05, 0.1) is 4.47 Å². The second-order valence-corrected chi connectivity index (χ2v) is 2.91. The first-order valence-electron chi connectivity index (χ1n) is 2.83. The van der Waals surface area contributed by atoms with E-state index in [1.165, 1.54) is 6.92 Å². The molecule has 0 amide bonds. The predicted molar refractivity (Wildman–Crippen MR) is 38.8 cm³/mol. The van der Waals surface area contributed by atoms with Crippen molar-refractivity contribution in [1.29, 1.82) is 0 Å². The molecule has 0 saturated heterocycles. The number of aryl methyl sites for hydroxylation is 1. The Morgan fingerprint density at radius 1 is 1.18 bits per heavy atom. The Kier molecular flexibility index (Phi) is 2.23. The predicted octanol–water partition coefficient (Wildman–Crippen LogP) is 3.17. The molecular weight excluding hydrogens is 221 g/mol. The highest BCUT2D eigenvalue weighted by molar-refractivity contribution is 9.10. The van der Waals surface area contributed by atoms with Crippen LogP contribution in [0.2, 0.25) is 0 Å². The Bertz CT molecular complexity index is 270. The van der Waals surface area contributed by atoms with Crippen molar-refractivity contribution in [2.75, 3.05) is 0 Å². The molecule has 1 aromatic rings. The minimum atomic E-state index is -1.19. The highest BCUT2D eigenvalue weighted by Gasteiger charge is 2.13. The summed E-state index contributed by atoms with van der Waals surface area (Å²) in [6, 6.07) is 0.815. The first-order valence-corrected chi connectivity index (χ1v) is 3.63. The molecule has 0 heterocycles. The number of hydrogen-bond acceptors (Lipinski definition) is 0. The minimum Gasteiger partial charge on any atom is -0.205 e. The van der Waals surface area contributed by atoms with Gasteiger partial charge in [-0.2, -0.15) is 0 Å². The van der Waals surface area contributed by atoms with E-state index in [1.54, 1.807) is 0 Å². The Morgan fingerprint density at radius 3 is 2.27 bits per heavy atom. The van der Waals surface area contributed by atoms with Crippen LogP contribution in [-0.4, -0.2) is 0 Å². The Hall–Kier alpha value is -0.510. The Labute approximate surface area is 70.2 Å². The molecule has 0 aliphatic rings. The van der Waals surface area contributed by atoms with Crippen molar-refractivity contribution in [3.63, 3.8) is 0 Å². The van der Waals surface area contributed by atoms with Crippen LogP contribution < -0.4 is 0 Å². The van der Waals surface area contributed by atoms with Gasteiger partial charge in [0.1, 0.15) is 5.82 Å². The van der Waals surface area contributed by atoms with Crippen molar-refractivity contribution < 1.29 is 13.2 Å². The van der Waals surface area contributed by atoms with Gasteiger partial charge in [0.25, 0.3) is 0 Å². The van der Waals surface area contributed by atoms with E-state index in [9.17, 15) is 13.2 Å². The Morgan fingerprint density at radius 2 is 1.73 bits per heavy atom. The first-order chi connectivity index (χ1) is 5.04. The zero-order valence-electron chi connectivity index (χ0n) is 5.59. The molecule has 0 aromatic heterocycles. The van der Waals surface area contributed by atoms with Gasteiger partial charge in [-0.15, -0.1) is 0 Å².